The minimum atomic E-state index is -8.29. The molecular formula is C55H53F19O14. The molecule has 0 aromatic heterocycles. The fourth-order valence-corrected chi connectivity index (χ4v) is 6.76. The van der Waals surface area contributed by atoms with Gasteiger partial charge in [-0.3, -0.25) is 9.53 Å². The van der Waals surface area contributed by atoms with Crippen LogP contribution in [0.4, 0.5) is 83.4 Å². The number of hydrogen-bond acceptors (Lipinski definition) is 14. The first-order valence-electron chi connectivity index (χ1n) is 26.1. The fourth-order valence-electron chi connectivity index (χ4n) is 6.76. The van der Waals surface area contributed by atoms with Crippen molar-refractivity contribution in [3.63, 3.8) is 0 Å². The van der Waals surface area contributed by atoms with Gasteiger partial charge in [-0.25, -0.2) is 23.5 Å². The Hall–Kier alpha value is -7.45. The summed E-state index contributed by atoms with van der Waals surface area (Å²) in [5, 5.41) is 0. The van der Waals surface area contributed by atoms with Crippen molar-refractivity contribution in [2.24, 2.45) is 0 Å². The van der Waals surface area contributed by atoms with Crippen LogP contribution in [0.25, 0.3) is 0 Å². The molecule has 0 saturated heterocycles. The molecule has 0 heterocycles. The molecule has 0 spiro atoms. The zero-order chi connectivity index (χ0) is 66.2. The minimum Gasteiger partial charge on any atom is -0.494 e. The SMILES string of the molecule is CCCCOc1cc(C(=O)Oc2ccc(C(=O)Oc3ccc(OC(=O)c4ccc(OCCCCCC(=O)OCC(F)(C(F)(F)F)C(F)(F)OC(F)(C(F)(F)F)C(F)(F)OC(F)(F)C(F)(F)C(F)(F)F)cc4)cc3)cc2)cc(OCCCC)c1OCCCC. The molecule has 0 amide bonds. The third-order valence-corrected chi connectivity index (χ3v) is 11.8. The predicted octanol–water partition coefficient (Wildman–Crippen LogP) is 15.9. The first-order valence-corrected chi connectivity index (χ1v) is 26.1. The Morgan fingerprint density at radius 3 is 1.19 bits per heavy atom. The molecule has 0 N–H and O–H groups in total. The average molecular weight is 1300 g/mol. The van der Waals surface area contributed by atoms with Crippen molar-refractivity contribution in [2.75, 3.05) is 33.0 Å². The van der Waals surface area contributed by atoms with Crippen molar-refractivity contribution < 1.29 is 150 Å². The normalized spacial score (nSPS) is 14.0. The number of carbonyl (C=O) groups is 4. The first kappa shape index (κ1) is 73.0. The number of alkyl halides is 19. The van der Waals surface area contributed by atoms with Gasteiger partial charge < -0.3 is 37.9 Å². The standard InChI is InChI=1S/C55H53F19O14/c1-4-7-26-80-40-30-35(31-41(81-27-8-5-2)43(40)82-28-9-6-3)46(78)86-37-20-16-34(17-21-37)45(77)85-39-24-22-38(23-25-39)84-44(76)33-14-18-36(19-15-33)79-29-12-10-11-13-42(75)83-32-47(56,50(60,61)62)53(69,70)87-49(59,52(66,67)68)55(73,74)88-54(71,72)48(57,58)51(63,64)65/h14-25,30-31H,4-13,26-29,32H2,1-3H3. The maximum absolute atomic E-state index is 14.9. The van der Waals surface area contributed by atoms with Gasteiger partial charge in [0.15, 0.2) is 11.5 Å². The molecule has 88 heavy (non-hydrogen) atoms. The molecule has 33 heteroatoms. The number of unbranched alkanes of at least 4 members (excludes halogenated alkanes) is 5. The summed E-state index contributed by atoms with van der Waals surface area (Å²) in [6.45, 7) is 3.42. The molecule has 0 bridgehead atoms. The quantitative estimate of drug-likeness (QED) is 0.0188. The molecule has 0 aliphatic heterocycles. The van der Waals surface area contributed by atoms with Crippen molar-refractivity contribution in [3.05, 3.63) is 102 Å². The van der Waals surface area contributed by atoms with Gasteiger partial charge in [0.2, 0.25) is 5.75 Å². The monoisotopic (exact) mass is 1300 g/mol. The molecule has 0 radical (unpaired) electrons. The molecule has 2 atom stereocenters. The Kier molecular flexibility index (Phi) is 25.0. The van der Waals surface area contributed by atoms with Crippen molar-refractivity contribution in [3.8, 4) is 40.2 Å². The Morgan fingerprint density at radius 2 is 0.784 bits per heavy atom. The average Bonchev–Trinajstić information content (AvgIpc) is 0.772. The van der Waals surface area contributed by atoms with Crippen LogP contribution >= 0.6 is 0 Å². The van der Waals surface area contributed by atoms with Crippen LogP contribution in [0.5, 0.6) is 40.2 Å². The van der Waals surface area contributed by atoms with Crippen LogP contribution in [0.15, 0.2) is 84.9 Å². The highest BCUT2D eigenvalue weighted by atomic mass is 19.4. The number of carbonyl (C=O) groups excluding carboxylic acids is 4. The first-order chi connectivity index (χ1) is 40.8. The van der Waals surface area contributed by atoms with E-state index in [0.717, 1.165) is 38.5 Å². The molecule has 4 rings (SSSR count). The van der Waals surface area contributed by atoms with Gasteiger partial charge in [0.05, 0.1) is 43.1 Å². The Bertz CT molecular complexity index is 2890. The highest BCUT2D eigenvalue weighted by Crippen LogP contribution is 2.58. The lowest BCUT2D eigenvalue weighted by atomic mass is 10.1. The molecule has 0 aliphatic carbocycles. The fraction of sp³-hybridized carbons (Fsp3) is 0.491. The number of halogens is 19. The van der Waals surface area contributed by atoms with E-state index in [0.29, 0.717) is 37.1 Å². The van der Waals surface area contributed by atoms with Gasteiger partial charge in [0.25, 0.3) is 0 Å². The van der Waals surface area contributed by atoms with Crippen molar-refractivity contribution in [2.45, 2.75) is 139 Å². The van der Waals surface area contributed by atoms with Gasteiger partial charge in [-0.2, -0.15) is 79.0 Å². The molecule has 14 nitrogen and oxygen atoms in total. The van der Waals surface area contributed by atoms with Gasteiger partial charge in [0, 0.05) is 6.42 Å². The zero-order valence-electron chi connectivity index (χ0n) is 46.1. The van der Waals surface area contributed by atoms with Crippen LogP contribution in [-0.4, -0.2) is 111 Å². The topological polar surface area (TPSA) is 161 Å². The lowest BCUT2D eigenvalue weighted by molar-refractivity contribution is -0.558. The third-order valence-electron chi connectivity index (χ3n) is 11.8. The highest BCUT2D eigenvalue weighted by molar-refractivity contribution is 5.94. The largest absolute Gasteiger partial charge is 0.494 e. The van der Waals surface area contributed by atoms with Gasteiger partial charge in [-0.05, 0) is 123 Å². The Labute approximate surface area is 487 Å². The van der Waals surface area contributed by atoms with Crippen molar-refractivity contribution >= 4 is 23.9 Å². The third kappa shape index (κ3) is 18.8. The van der Waals surface area contributed by atoms with Gasteiger partial charge in [-0.1, -0.05) is 40.0 Å². The van der Waals surface area contributed by atoms with Crippen LogP contribution < -0.4 is 33.2 Å². The summed E-state index contributed by atoms with van der Waals surface area (Å²) >= 11 is 0. The van der Waals surface area contributed by atoms with Gasteiger partial charge >= 0.3 is 78.2 Å². The van der Waals surface area contributed by atoms with Crippen LogP contribution in [-0.2, 0) is 19.0 Å². The molecule has 0 aliphatic rings. The number of ether oxygens (including phenoxy) is 10. The summed E-state index contributed by atoms with van der Waals surface area (Å²) < 4.78 is 303. The number of benzene rings is 4. The Balaban J connectivity index is 1.25. The zero-order valence-corrected chi connectivity index (χ0v) is 46.1. The molecular weight excluding hydrogens is 1250 g/mol. The molecule has 0 fully saturated rings. The second-order valence-electron chi connectivity index (χ2n) is 18.6. The molecule has 490 valence electrons. The van der Waals surface area contributed by atoms with Crippen LogP contribution in [0.1, 0.15) is 116 Å². The molecule has 0 saturated carbocycles. The molecule has 4 aromatic rings. The van der Waals surface area contributed by atoms with E-state index in [2.05, 4.69) is 4.74 Å². The highest BCUT2D eigenvalue weighted by Gasteiger charge is 2.86. The van der Waals surface area contributed by atoms with E-state index in [4.69, 9.17) is 33.2 Å². The van der Waals surface area contributed by atoms with E-state index >= 15 is 0 Å². The van der Waals surface area contributed by atoms with E-state index in [1.54, 1.807) is 4.74 Å². The van der Waals surface area contributed by atoms with Gasteiger partial charge in [0.1, 0.15) is 29.6 Å². The lowest BCUT2D eigenvalue weighted by Gasteiger charge is -2.41. The summed E-state index contributed by atoms with van der Waals surface area (Å²) in [6.07, 6.45) is -44.2. The summed E-state index contributed by atoms with van der Waals surface area (Å²) in [6, 6.07) is 18.9. The van der Waals surface area contributed by atoms with E-state index in [-0.39, 0.29) is 59.1 Å². The number of rotatable bonds is 34. The van der Waals surface area contributed by atoms with E-state index in [1.807, 2.05) is 20.8 Å². The minimum absolute atomic E-state index is 0.00978. The number of hydrogen-bond donors (Lipinski definition) is 0. The van der Waals surface area contributed by atoms with Crippen LogP contribution in [0.2, 0.25) is 0 Å². The van der Waals surface area contributed by atoms with E-state index in [9.17, 15) is 103 Å². The Morgan fingerprint density at radius 1 is 0.386 bits per heavy atom. The van der Waals surface area contributed by atoms with Crippen molar-refractivity contribution in [1.29, 1.82) is 0 Å². The summed E-state index contributed by atoms with van der Waals surface area (Å²) in [4.78, 5) is 51.2. The van der Waals surface area contributed by atoms with Crippen molar-refractivity contribution in [1.82, 2.24) is 0 Å². The van der Waals surface area contributed by atoms with E-state index < -0.39 is 97.6 Å². The second kappa shape index (κ2) is 30.2. The van der Waals surface area contributed by atoms with E-state index in [1.165, 1.54) is 89.7 Å². The van der Waals surface area contributed by atoms with Crippen LogP contribution in [0, 0.1) is 0 Å². The summed E-state index contributed by atoms with van der Waals surface area (Å²) in [7, 11) is 0. The van der Waals surface area contributed by atoms with Crippen LogP contribution in [0.3, 0.4) is 0 Å². The van der Waals surface area contributed by atoms with Gasteiger partial charge in [-0.15, -0.1) is 0 Å². The number of esters is 4. The maximum Gasteiger partial charge on any atom is 0.462 e. The summed E-state index contributed by atoms with van der Waals surface area (Å²) in [5.41, 5.74) is -6.83. The summed E-state index contributed by atoms with van der Waals surface area (Å²) in [5.74, 6) is -19.4. The molecule has 2 unspecified atom stereocenters. The smallest absolute Gasteiger partial charge is 0.462 e. The molecule has 4 aromatic carbocycles. The maximum atomic E-state index is 14.9. The lowest BCUT2D eigenvalue weighted by Crippen LogP contribution is -2.69. The second-order valence-corrected chi connectivity index (χ2v) is 18.6. The predicted molar refractivity (Wildman–Crippen MR) is 265 cm³/mol.